The van der Waals surface area contributed by atoms with E-state index in [0.29, 0.717) is 11.7 Å². The topological polar surface area (TPSA) is 17.1 Å². The van der Waals surface area contributed by atoms with Gasteiger partial charge in [0.25, 0.3) is 0 Å². The third kappa shape index (κ3) is 5.07. The molecule has 0 saturated heterocycles. The van der Waals surface area contributed by atoms with Crippen molar-refractivity contribution in [2.75, 3.05) is 0 Å². The Bertz CT molecular complexity index is 151. The lowest BCUT2D eigenvalue weighted by atomic mass is 9.97. The molecule has 13 heavy (non-hydrogen) atoms. The van der Waals surface area contributed by atoms with Crippen LogP contribution in [0.25, 0.3) is 0 Å². The quantitative estimate of drug-likeness (QED) is 0.558. The van der Waals surface area contributed by atoms with Crippen LogP contribution in [0.15, 0.2) is 0 Å². The fourth-order valence-corrected chi connectivity index (χ4v) is 2.11. The van der Waals surface area contributed by atoms with Crippen LogP contribution in [0.2, 0.25) is 0 Å². The van der Waals surface area contributed by atoms with Crippen LogP contribution in [-0.2, 0) is 4.79 Å². The Balaban J connectivity index is 2.29. The van der Waals surface area contributed by atoms with Gasteiger partial charge in [0.15, 0.2) is 0 Å². The summed E-state index contributed by atoms with van der Waals surface area (Å²) < 4.78 is 0. The van der Waals surface area contributed by atoms with Gasteiger partial charge < -0.3 is 0 Å². The summed E-state index contributed by atoms with van der Waals surface area (Å²) in [7, 11) is 0. The largest absolute Gasteiger partial charge is 0.300 e. The molecule has 1 atom stereocenters. The van der Waals surface area contributed by atoms with E-state index in [1.165, 1.54) is 38.5 Å². The summed E-state index contributed by atoms with van der Waals surface area (Å²) in [4.78, 5) is 11.4. The van der Waals surface area contributed by atoms with Gasteiger partial charge in [-0.15, -0.1) is 0 Å². The van der Waals surface area contributed by atoms with Gasteiger partial charge in [0.05, 0.1) is 0 Å². The van der Waals surface area contributed by atoms with Crippen molar-refractivity contribution in [3.63, 3.8) is 0 Å². The highest BCUT2D eigenvalue weighted by Crippen LogP contribution is 2.18. The molecule has 0 radical (unpaired) electrons. The van der Waals surface area contributed by atoms with Gasteiger partial charge in [0.2, 0.25) is 0 Å². The van der Waals surface area contributed by atoms with Crippen molar-refractivity contribution < 1.29 is 4.79 Å². The molecular weight excluding hydrogens is 160 g/mol. The van der Waals surface area contributed by atoms with Gasteiger partial charge >= 0.3 is 0 Å². The van der Waals surface area contributed by atoms with E-state index in [1.54, 1.807) is 0 Å². The van der Waals surface area contributed by atoms with E-state index < -0.39 is 0 Å². The lowest BCUT2D eigenvalue weighted by molar-refractivity contribution is -0.120. The highest BCUT2D eigenvalue weighted by molar-refractivity contribution is 5.78. The van der Waals surface area contributed by atoms with Crippen molar-refractivity contribution in [1.29, 1.82) is 0 Å². The molecule has 0 aromatic heterocycles. The van der Waals surface area contributed by atoms with Crippen LogP contribution in [0.4, 0.5) is 0 Å². The average Bonchev–Trinajstić information content (AvgIpc) is 2.11. The molecule has 76 valence electrons. The van der Waals surface area contributed by atoms with Gasteiger partial charge in [-0.3, -0.25) is 4.79 Å². The molecule has 1 nitrogen and oxygen atoms in total. The molecule has 0 bridgehead atoms. The Morgan fingerprint density at radius 3 is 2.38 bits per heavy atom. The second-order valence-electron chi connectivity index (χ2n) is 4.51. The third-order valence-electron chi connectivity index (χ3n) is 2.98. The summed E-state index contributed by atoms with van der Waals surface area (Å²) in [5.74, 6) is 1.12. The van der Waals surface area contributed by atoms with E-state index in [0.717, 1.165) is 19.3 Å². The Kier molecular flexibility index (Phi) is 5.10. The van der Waals surface area contributed by atoms with Crippen molar-refractivity contribution in [2.24, 2.45) is 5.92 Å². The second-order valence-corrected chi connectivity index (χ2v) is 4.51. The van der Waals surface area contributed by atoms with Crippen molar-refractivity contribution in [3.05, 3.63) is 0 Å². The summed E-state index contributed by atoms with van der Waals surface area (Å²) in [6.45, 7) is 2.22. The molecule has 1 unspecified atom stereocenters. The Labute approximate surface area is 81.9 Å². The van der Waals surface area contributed by atoms with Crippen LogP contribution < -0.4 is 0 Å². The van der Waals surface area contributed by atoms with E-state index in [2.05, 4.69) is 6.92 Å². The minimum absolute atomic E-state index is 0.495. The predicted molar refractivity (Wildman–Crippen MR) is 55.7 cm³/mol. The molecule has 0 heterocycles. The maximum Gasteiger partial charge on any atom is 0.133 e. The maximum absolute atomic E-state index is 11.4. The van der Waals surface area contributed by atoms with E-state index in [4.69, 9.17) is 0 Å². The van der Waals surface area contributed by atoms with Crippen LogP contribution >= 0.6 is 0 Å². The number of hydrogen-bond acceptors (Lipinski definition) is 1. The summed E-state index contributed by atoms with van der Waals surface area (Å²) >= 11 is 0. The first-order valence-electron chi connectivity index (χ1n) is 5.81. The monoisotopic (exact) mass is 182 g/mol. The van der Waals surface area contributed by atoms with Gasteiger partial charge in [0, 0.05) is 12.8 Å². The Morgan fingerprint density at radius 1 is 1.00 bits per heavy atom. The first-order chi connectivity index (χ1) is 6.29. The zero-order chi connectivity index (χ0) is 9.52. The van der Waals surface area contributed by atoms with E-state index in [-0.39, 0.29) is 0 Å². The van der Waals surface area contributed by atoms with Crippen LogP contribution in [0.3, 0.4) is 0 Å². The number of ketones is 1. The number of rotatable bonds is 0. The predicted octanol–water partition coefficient (Wildman–Crippen LogP) is 3.72. The fourth-order valence-electron chi connectivity index (χ4n) is 2.11. The Morgan fingerprint density at radius 2 is 1.62 bits per heavy atom. The zero-order valence-electron chi connectivity index (χ0n) is 8.85. The van der Waals surface area contributed by atoms with E-state index in [1.807, 2.05) is 0 Å². The van der Waals surface area contributed by atoms with Crippen molar-refractivity contribution in [1.82, 2.24) is 0 Å². The summed E-state index contributed by atoms with van der Waals surface area (Å²) in [6, 6.07) is 0. The molecule has 0 amide bonds. The summed E-state index contributed by atoms with van der Waals surface area (Å²) in [5.41, 5.74) is 0. The first-order valence-corrected chi connectivity index (χ1v) is 5.81. The minimum Gasteiger partial charge on any atom is -0.300 e. The van der Waals surface area contributed by atoms with Crippen LogP contribution in [0, 0.1) is 5.92 Å². The molecule has 0 aromatic carbocycles. The Hall–Kier alpha value is -0.330. The third-order valence-corrected chi connectivity index (χ3v) is 2.98. The van der Waals surface area contributed by atoms with Crippen molar-refractivity contribution >= 4 is 5.78 Å². The maximum atomic E-state index is 11.4. The molecule has 1 aliphatic carbocycles. The highest BCUT2D eigenvalue weighted by Gasteiger charge is 2.09. The molecule has 1 rings (SSSR count). The van der Waals surface area contributed by atoms with Crippen LogP contribution in [0.5, 0.6) is 0 Å². The van der Waals surface area contributed by atoms with Crippen LogP contribution in [0.1, 0.15) is 64.7 Å². The minimum atomic E-state index is 0.495. The van der Waals surface area contributed by atoms with Gasteiger partial charge in [-0.25, -0.2) is 0 Å². The van der Waals surface area contributed by atoms with Crippen LogP contribution in [-0.4, -0.2) is 5.78 Å². The van der Waals surface area contributed by atoms with E-state index in [9.17, 15) is 4.79 Å². The van der Waals surface area contributed by atoms with Gasteiger partial charge in [-0.2, -0.15) is 0 Å². The smallest absolute Gasteiger partial charge is 0.133 e. The molecule has 1 fully saturated rings. The van der Waals surface area contributed by atoms with E-state index >= 15 is 0 Å². The molecule has 0 aliphatic heterocycles. The lowest BCUT2D eigenvalue weighted by Gasteiger charge is -2.08. The zero-order valence-corrected chi connectivity index (χ0v) is 8.85. The van der Waals surface area contributed by atoms with Gasteiger partial charge in [-0.05, 0) is 12.3 Å². The molecule has 1 heteroatoms. The second kappa shape index (κ2) is 6.17. The lowest BCUT2D eigenvalue weighted by Crippen LogP contribution is -2.04. The molecule has 1 saturated carbocycles. The number of Topliss-reactive ketones (excluding diaryl/α,β-unsaturated/α-hetero) is 1. The summed E-state index contributed by atoms with van der Waals surface area (Å²) in [5, 5.41) is 0. The molecule has 0 spiro atoms. The molecule has 0 aromatic rings. The number of carbonyl (C=O) groups excluding carboxylic acids is 1. The normalized spacial score (nSPS) is 28.1. The highest BCUT2D eigenvalue weighted by atomic mass is 16.1. The SMILES string of the molecule is CC1CCCCCCCCC(=O)C1. The number of carbonyl (C=O) groups is 1. The first kappa shape index (κ1) is 10.7. The van der Waals surface area contributed by atoms with Gasteiger partial charge in [0.1, 0.15) is 5.78 Å². The molecule has 1 aliphatic rings. The van der Waals surface area contributed by atoms with Crippen molar-refractivity contribution in [2.45, 2.75) is 64.7 Å². The molecular formula is C12H22O. The molecule has 0 N–H and O–H groups in total. The van der Waals surface area contributed by atoms with Gasteiger partial charge in [-0.1, -0.05) is 45.4 Å². The summed E-state index contributed by atoms with van der Waals surface area (Å²) in [6.07, 6.45) is 10.7. The number of hydrogen-bond donors (Lipinski definition) is 0. The fraction of sp³-hybridized carbons (Fsp3) is 0.917. The average molecular weight is 182 g/mol. The standard InChI is InChI=1S/C12H22O/c1-11-8-6-4-2-3-5-7-9-12(13)10-11/h11H,2-10H2,1H3. The van der Waals surface area contributed by atoms with Crippen molar-refractivity contribution in [3.8, 4) is 0 Å².